The van der Waals surface area contributed by atoms with Gasteiger partial charge in [0.1, 0.15) is 13.1 Å². The molecule has 1 atom stereocenters. The molecule has 1 fully saturated rings. The molecule has 1 unspecified atom stereocenters. The molecule has 0 radical (unpaired) electrons. The van der Waals surface area contributed by atoms with Crippen molar-refractivity contribution in [2.24, 2.45) is 0 Å². The molecule has 2 amide bonds. The Labute approximate surface area is 116 Å². The lowest BCUT2D eigenvalue weighted by atomic mass is 9.95. The Morgan fingerprint density at radius 3 is 2.25 bits per heavy atom. The van der Waals surface area contributed by atoms with Gasteiger partial charge in [-0.25, -0.2) is 4.79 Å². The zero-order valence-electron chi connectivity index (χ0n) is 11.7. The lowest BCUT2D eigenvalue weighted by Crippen LogP contribution is -2.55. The van der Waals surface area contributed by atoms with Crippen LogP contribution in [0.5, 0.6) is 0 Å². The van der Waals surface area contributed by atoms with Crippen LogP contribution in [0.25, 0.3) is 0 Å². The van der Waals surface area contributed by atoms with Crippen molar-refractivity contribution in [3.63, 3.8) is 0 Å². The Bertz CT molecular complexity index is 383. The number of ether oxygens (including phenoxy) is 1. The summed E-state index contributed by atoms with van der Waals surface area (Å²) in [5, 5.41) is 17.5. The van der Waals surface area contributed by atoms with Crippen LogP contribution in [0.3, 0.4) is 0 Å². The molecule has 0 aromatic heterocycles. The number of rotatable bonds is 5. The molecule has 8 nitrogen and oxygen atoms in total. The number of urea groups is 1. The first-order valence-corrected chi connectivity index (χ1v) is 6.30. The lowest BCUT2D eigenvalue weighted by molar-refractivity contribution is -0.140. The number of carbonyl (C=O) groups is 3. The minimum absolute atomic E-state index is 0.318. The van der Waals surface area contributed by atoms with Crippen molar-refractivity contribution >= 4 is 18.0 Å². The summed E-state index contributed by atoms with van der Waals surface area (Å²) in [4.78, 5) is 36.0. The average Bonchev–Trinajstić information content (AvgIpc) is 2.36. The Morgan fingerprint density at radius 1 is 1.25 bits per heavy atom. The van der Waals surface area contributed by atoms with Crippen LogP contribution in [-0.2, 0) is 14.3 Å². The number of nitrogens with zero attached hydrogens (tertiary/aromatic N) is 2. The van der Waals surface area contributed by atoms with E-state index >= 15 is 0 Å². The third kappa shape index (κ3) is 4.37. The fraction of sp³-hybridized carbons (Fsp3) is 0.750. The van der Waals surface area contributed by atoms with Crippen LogP contribution in [0, 0.1) is 0 Å². The van der Waals surface area contributed by atoms with E-state index in [4.69, 9.17) is 14.9 Å². The average molecular weight is 288 g/mol. The number of carboxylic acid groups (broad SMARTS) is 2. The number of carboxylic acids is 2. The van der Waals surface area contributed by atoms with Gasteiger partial charge in [0.15, 0.2) is 0 Å². The number of piperidine rings is 1. The molecular formula is C12H20N2O6. The summed E-state index contributed by atoms with van der Waals surface area (Å²) in [6.07, 6.45) is 1.52. The van der Waals surface area contributed by atoms with Crippen LogP contribution in [0.2, 0.25) is 0 Å². The normalized spacial score (nSPS) is 22.4. The molecule has 20 heavy (non-hydrogen) atoms. The molecule has 1 saturated heterocycles. The highest BCUT2D eigenvalue weighted by Gasteiger charge is 2.35. The number of aliphatic carboxylic acids is 2. The summed E-state index contributed by atoms with van der Waals surface area (Å²) in [7, 11) is 1.56. The van der Waals surface area contributed by atoms with Gasteiger partial charge in [0.25, 0.3) is 0 Å². The summed E-state index contributed by atoms with van der Waals surface area (Å²) >= 11 is 0. The topological polar surface area (TPSA) is 107 Å². The molecule has 114 valence electrons. The number of methoxy groups -OCH3 is 1. The Balaban J connectivity index is 2.77. The van der Waals surface area contributed by atoms with E-state index in [9.17, 15) is 14.4 Å². The maximum Gasteiger partial charge on any atom is 0.323 e. The standard InChI is InChI=1S/C12H20N2O6/c1-12(20-2)4-3-5-13(8-12)11(19)14(6-9(15)16)7-10(17)18/h3-8H2,1-2H3,(H,15,16)(H,17,18). The van der Waals surface area contributed by atoms with E-state index in [1.807, 2.05) is 6.92 Å². The maximum absolute atomic E-state index is 12.2. The highest BCUT2D eigenvalue weighted by Crippen LogP contribution is 2.24. The van der Waals surface area contributed by atoms with E-state index in [1.54, 1.807) is 7.11 Å². The van der Waals surface area contributed by atoms with Gasteiger partial charge in [-0.1, -0.05) is 0 Å². The first-order chi connectivity index (χ1) is 9.27. The van der Waals surface area contributed by atoms with Crippen molar-refractivity contribution in [2.45, 2.75) is 25.4 Å². The highest BCUT2D eigenvalue weighted by molar-refractivity contribution is 5.84. The zero-order valence-corrected chi connectivity index (χ0v) is 11.7. The number of hydrogen-bond donors (Lipinski definition) is 2. The Morgan fingerprint density at radius 2 is 1.80 bits per heavy atom. The van der Waals surface area contributed by atoms with E-state index in [1.165, 1.54) is 4.90 Å². The van der Waals surface area contributed by atoms with Gasteiger partial charge in [0, 0.05) is 13.7 Å². The minimum Gasteiger partial charge on any atom is -0.480 e. The molecule has 1 aliphatic rings. The summed E-state index contributed by atoms with van der Waals surface area (Å²) in [6, 6.07) is -0.585. The molecule has 0 aromatic rings. The maximum atomic E-state index is 12.2. The van der Waals surface area contributed by atoms with Gasteiger partial charge in [-0.3, -0.25) is 9.59 Å². The predicted octanol–water partition coefficient (Wildman–Crippen LogP) is 0.0785. The third-order valence-electron chi connectivity index (χ3n) is 3.35. The van der Waals surface area contributed by atoms with Crippen molar-refractivity contribution in [3.8, 4) is 0 Å². The van der Waals surface area contributed by atoms with E-state index in [0.29, 0.717) is 13.1 Å². The van der Waals surface area contributed by atoms with Crippen LogP contribution in [-0.4, -0.2) is 76.9 Å². The Kier molecular flexibility index (Phi) is 5.32. The second kappa shape index (κ2) is 6.56. The number of hydrogen-bond acceptors (Lipinski definition) is 4. The summed E-state index contributed by atoms with van der Waals surface area (Å²) in [5.41, 5.74) is -0.480. The molecule has 0 aliphatic carbocycles. The molecular weight excluding hydrogens is 268 g/mol. The SMILES string of the molecule is COC1(C)CCCN(C(=O)N(CC(=O)O)CC(=O)O)C1. The fourth-order valence-electron chi connectivity index (χ4n) is 2.25. The second-order valence-corrected chi connectivity index (χ2v) is 5.11. The van der Waals surface area contributed by atoms with E-state index in [2.05, 4.69) is 0 Å². The molecule has 8 heteroatoms. The van der Waals surface area contributed by atoms with E-state index in [-0.39, 0.29) is 0 Å². The number of likely N-dealkylation sites (tertiary alicyclic amines) is 1. The lowest BCUT2D eigenvalue weighted by Gasteiger charge is -2.40. The summed E-state index contributed by atoms with van der Waals surface area (Å²) < 4.78 is 5.36. The van der Waals surface area contributed by atoms with Gasteiger partial charge >= 0.3 is 18.0 Å². The molecule has 2 N–H and O–H groups in total. The molecule has 1 rings (SSSR count). The monoisotopic (exact) mass is 288 g/mol. The summed E-state index contributed by atoms with van der Waals surface area (Å²) in [5.74, 6) is -2.49. The number of amides is 2. The van der Waals surface area contributed by atoms with E-state index in [0.717, 1.165) is 17.7 Å². The zero-order chi connectivity index (χ0) is 15.3. The van der Waals surface area contributed by atoms with Gasteiger partial charge in [-0.2, -0.15) is 0 Å². The molecule has 1 heterocycles. The van der Waals surface area contributed by atoms with Crippen LogP contribution in [0.15, 0.2) is 0 Å². The second-order valence-electron chi connectivity index (χ2n) is 5.11. The van der Waals surface area contributed by atoms with Crippen LogP contribution >= 0.6 is 0 Å². The smallest absolute Gasteiger partial charge is 0.323 e. The van der Waals surface area contributed by atoms with E-state index < -0.39 is 36.7 Å². The van der Waals surface area contributed by atoms with Crippen molar-refractivity contribution in [3.05, 3.63) is 0 Å². The minimum atomic E-state index is -1.24. The van der Waals surface area contributed by atoms with Crippen molar-refractivity contribution in [1.82, 2.24) is 9.80 Å². The van der Waals surface area contributed by atoms with Crippen molar-refractivity contribution in [2.75, 3.05) is 33.3 Å². The molecule has 0 bridgehead atoms. The first kappa shape index (κ1) is 16.2. The van der Waals surface area contributed by atoms with Gasteiger partial charge in [0.2, 0.25) is 0 Å². The fourth-order valence-corrected chi connectivity index (χ4v) is 2.25. The largest absolute Gasteiger partial charge is 0.480 e. The van der Waals surface area contributed by atoms with Crippen LogP contribution < -0.4 is 0 Å². The molecule has 1 aliphatic heterocycles. The van der Waals surface area contributed by atoms with Gasteiger partial charge in [-0.15, -0.1) is 0 Å². The van der Waals surface area contributed by atoms with Gasteiger partial charge in [-0.05, 0) is 19.8 Å². The predicted molar refractivity (Wildman–Crippen MR) is 68.5 cm³/mol. The summed E-state index contributed by atoms with van der Waals surface area (Å²) in [6.45, 7) is 1.38. The van der Waals surface area contributed by atoms with Crippen LogP contribution in [0.4, 0.5) is 4.79 Å². The molecule has 0 saturated carbocycles. The molecule has 0 spiro atoms. The first-order valence-electron chi connectivity index (χ1n) is 6.30. The number of carbonyl (C=O) groups excluding carboxylic acids is 1. The van der Waals surface area contributed by atoms with Crippen LogP contribution in [0.1, 0.15) is 19.8 Å². The third-order valence-corrected chi connectivity index (χ3v) is 3.35. The Hall–Kier alpha value is -1.83. The quantitative estimate of drug-likeness (QED) is 0.741. The molecule has 0 aromatic carbocycles. The van der Waals surface area contributed by atoms with Crippen molar-refractivity contribution in [1.29, 1.82) is 0 Å². The van der Waals surface area contributed by atoms with Gasteiger partial charge in [0.05, 0.1) is 12.1 Å². The highest BCUT2D eigenvalue weighted by atomic mass is 16.5. The van der Waals surface area contributed by atoms with Gasteiger partial charge < -0.3 is 24.7 Å². The van der Waals surface area contributed by atoms with Crippen molar-refractivity contribution < 1.29 is 29.3 Å².